The van der Waals surface area contributed by atoms with Gasteiger partial charge in [-0.15, -0.1) is 22.7 Å². The molecule has 0 radical (unpaired) electrons. The smallest absolute Gasteiger partial charge is 0.146 e. The zero-order valence-corrected chi connectivity index (χ0v) is 13.0. The molecule has 0 aliphatic rings. The van der Waals surface area contributed by atoms with Crippen LogP contribution in [0.3, 0.4) is 0 Å². The first-order chi connectivity index (χ1) is 9.63. The second kappa shape index (κ2) is 5.43. The van der Waals surface area contributed by atoms with Gasteiger partial charge in [-0.3, -0.25) is 4.90 Å². The van der Waals surface area contributed by atoms with Gasteiger partial charge in [-0.1, -0.05) is 0 Å². The minimum atomic E-state index is 0.564. The van der Waals surface area contributed by atoms with E-state index < -0.39 is 0 Å². The van der Waals surface area contributed by atoms with Crippen LogP contribution in [0.1, 0.15) is 16.4 Å². The van der Waals surface area contributed by atoms with Crippen LogP contribution in [0.5, 0.6) is 0 Å². The van der Waals surface area contributed by atoms with Crippen LogP contribution in [0.25, 0.3) is 10.2 Å². The van der Waals surface area contributed by atoms with Crippen LogP contribution in [0.15, 0.2) is 17.0 Å². The Labute approximate surface area is 125 Å². The lowest BCUT2D eigenvalue weighted by Gasteiger charge is -2.15. The SMILES string of the molecule is Cc1ncsc1CN(C)Cc1nc(N)c2ccsc2n1. The summed E-state index contributed by atoms with van der Waals surface area (Å²) in [7, 11) is 2.05. The second-order valence-electron chi connectivity index (χ2n) is 4.70. The van der Waals surface area contributed by atoms with Crippen LogP contribution in [-0.4, -0.2) is 26.9 Å². The van der Waals surface area contributed by atoms with Crippen molar-refractivity contribution in [1.29, 1.82) is 0 Å². The van der Waals surface area contributed by atoms with Crippen LogP contribution >= 0.6 is 22.7 Å². The van der Waals surface area contributed by atoms with Gasteiger partial charge in [0.2, 0.25) is 0 Å². The molecule has 7 heteroatoms. The van der Waals surface area contributed by atoms with E-state index in [4.69, 9.17) is 5.73 Å². The average Bonchev–Trinajstić information content (AvgIpc) is 2.99. The zero-order chi connectivity index (χ0) is 14.1. The molecule has 0 bridgehead atoms. The van der Waals surface area contributed by atoms with Gasteiger partial charge in [0.15, 0.2) is 0 Å². The first-order valence-corrected chi connectivity index (χ1v) is 7.96. The number of aromatic nitrogens is 3. The number of fused-ring (bicyclic) bond motifs is 1. The molecule has 20 heavy (non-hydrogen) atoms. The van der Waals surface area contributed by atoms with E-state index in [1.807, 2.05) is 23.9 Å². The Bertz CT molecular complexity index is 733. The molecule has 2 N–H and O–H groups in total. The number of anilines is 1. The van der Waals surface area contributed by atoms with Crippen molar-refractivity contribution in [3.63, 3.8) is 0 Å². The third kappa shape index (κ3) is 2.65. The Hall–Kier alpha value is -1.57. The van der Waals surface area contributed by atoms with Crippen LogP contribution in [0.2, 0.25) is 0 Å². The quantitative estimate of drug-likeness (QED) is 0.802. The summed E-state index contributed by atoms with van der Waals surface area (Å²) in [5, 5.41) is 2.93. The van der Waals surface area contributed by atoms with Gasteiger partial charge in [-0.2, -0.15) is 0 Å². The predicted molar refractivity (Wildman–Crippen MR) is 83.8 cm³/mol. The third-order valence-corrected chi connectivity index (χ3v) is 4.80. The van der Waals surface area contributed by atoms with E-state index in [0.29, 0.717) is 12.4 Å². The van der Waals surface area contributed by atoms with Crippen molar-refractivity contribution in [2.75, 3.05) is 12.8 Å². The Balaban J connectivity index is 1.77. The monoisotopic (exact) mass is 305 g/mol. The van der Waals surface area contributed by atoms with Crippen molar-refractivity contribution < 1.29 is 0 Å². The van der Waals surface area contributed by atoms with Gasteiger partial charge in [0.05, 0.1) is 23.1 Å². The van der Waals surface area contributed by atoms with Gasteiger partial charge >= 0.3 is 0 Å². The van der Waals surface area contributed by atoms with Crippen molar-refractivity contribution in [2.45, 2.75) is 20.0 Å². The molecule has 0 atom stereocenters. The van der Waals surface area contributed by atoms with Crippen LogP contribution in [0.4, 0.5) is 5.82 Å². The van der Waals surface area contributed by atoms with Crippen molar-refractivity contribution in [1.82, 2.24) is 19.9 Å². The fourth-order valence-corrected chi connectivity index (χ4v) is 3.66. The maximum Gasteiger partial charge on any atom is 0.146 e. The molecular weight excluding hydrogens is 290 g/mol. The number of thiophene rings is 1. The number of aryl methyl sites for hydroxylation is 1. The Morgan fingerprint density at radius 2 is 2.10 bits per heavy atom. The number of nitrogens with zero attached hydrogens (tertiary/aromatic N) is 4. The molecule has 3 rings (SSSR count). The number of hydrogen-bond acceptors (Lipinski definition) is 7. The normalized spacial score (nSPS) is 11.6. The molecule has 0 saturated carbocycles. The lowest BCUT2D eigenvalue weighted by molar-refractivity contribution is 0.313. The van der Waals surface area contributed by atoms with Gasteiger partial charge in [-0.25, -0.2) is 15.0 Å². The molecular formula is C13H15N5S2. The standard InChI is InChI=1S/C13H15N5S2/c1-8-10(20-7-15-8)5-18(2)6-11-16-12(14)9-3-4-19-13(9)17-11/h3-4,7H,5-6H2,1-2H3,(H2,14,16,17). The van der Waals surface area contributed by atoms with Gasteiger partial charge in [0.25, 0.3) is 0 Å². The Morgan fingerprint density at radius 1 is 1.25 bits per heavy atom. The van der Waals surface area contributed by atoms with Crippen molar-refractivity contribution in [2.24, 2.45) is 0 Å². The molecule has 0 saturated heterocycles. The highest BCUT2D eigenvalue weighted by Crippen LogP contribution is 2.23. The van der Waals surface area contributed by atoms with Crippen LogP contribution in [0, 0.1) is 6.92 Å². The fourth-order valence-electron chi connectivity index (χ4n) is 2.02. The zero-order valence-electron chi connectivity index (χ0n) is 11.3. The third-order valence-electron chi connectivity index (χ3n) is 3.07. The second-order valence-corrected chi connectivity index (χ2v) is 6.53. The molecule has 0 fully saturated rings. The first-order valence-electron chi connectivity index (χ1n) is 6.20. The summed E-state index contributed by atoms with van der Waals surface area (Å²) >= 11 is 3.27. The van der Waals surface area contributed by atoms with E-state index >= 15 is 0 Å². The van der Waals surface area contributed by atoms with E-state index in [2.05, 4.69) is 26.9 Å². The van der Waals surface area contributed by atoms with Gasteiger partial charge in [0.1, 0.15) is 16.5 Å². The average molecular weight is 305 g/mol. The first kappa shape index (κ1) is 13.4. The molecule has 0 spiro atoms. The topological polar surface area (TPSA) is 67.9 Å². The number of nitrogen functional groups attached to an aromatic ring is 1. The maximum atomic E-state index is 5.97. The highest BCUT2D eigenvalue weighted by atomic mass is 32.1. The van der Waals surface area contributed by atoms with Crippen molar-refractivity contribution in [3.8, 4) is 0 Å². The van der Waals surface area contributed by atoms with E-state index in [1.54, 1.807) is 22.7 Å². The molecule has 0 aliphatic heterocycles. The summed E-state index contributed by atoms with van der Waals surface area (Å²) in [6, 6.07) is 1.96. The number of rotatable bonds is 4. The lowest BCUT2D eigenvalue weighted by Crippen LogP contribution is -2.19. The molecule has 3 heterocycles. The molecule has 104 valence electrons. The summed E-state index contributed by atoms with van der Waals surface area (Å²) in [6.07, 6.45) is 0. The summed E-state index contributed by atoms with van der Waals surface area (Å²) in [4.78, 5) is 17.6. The fraction of sp³-hybridized carbons (Fsp3) is 0.308. The Kier molecular flexibility index (Phi) is 3.64. The molecule has 0 unspecified atom stereocenters. The molecule has 3 aromatic heterocycles. The number of nitrogens with two attached hydrogens (primary N) is 1. The number of hydrogen-bond donors (Lipinski definition) is 1. The molecule has 5 nitrogen and oxygen atoms in total. The predicted octanol–water partition coefficient (Wildman–Crippen LogP) is 2.67. The minimum absolute atomic E-state index is 0.564. The lowest BCUT2D eigenvalue weighted by atomic mass is 10.3. The van der Waals surface area contributed by atoms with Crippen LogP contribution in [-0.2, 0) is 13.1 Å². The maximum absolute atomic E-state index is 5.97. The van der Waals surface area contributed by atoms with E-state index in [-0.39, 0.29) is 0 Å². The van der Waals surface area contributed by atoms with Crippen molar-refractivity contribution >= 4 is 38.7 Å². The summed E-state index contributed by atoms with van der Waals surface area (Å²) in [5.41, 5.74) is 8.94. The highest BCUT2D eigenvalue weighted by Gasteiger charge is 2.10. The number of thiazole rings is 1. The highest BCUT2D eigenvalue weighted by molar-refractivity contribution is 7.16. The summed E-state index contributed by atoms with van der Waals surface area (Å²) in [5.74, 6) is 1.33. The Morgan fingerprint density at radius 3 is 2.85 bits per heavy atom. The minimum Gasteiger partial charge on any atom is -0.383 e. The summed E-state index contributed by atoms with van der Waals surface area (Å²) in [6.45, 7) is 3.56. The van der Waals surface area contributed by atoms with E-state index in [9.17, 15) is 0 Å². The van der Waals surface area contributed by atoms with Gasteiger partial charge < -0.3 is 5.73 Å². The van der Waals surface area contributed by atoms with E-state index in [0.717, 1.165) is 28.3 Å². The van der Waals surface area contributed by atoms with E-state index in [1.165, 1.54) is 4.88 Å². The molecule has 0 aromatic carbocycles. The summed E-state index contributed by atoms with van der Waals surface area (Å²) < 4.78 is 0. The van der Waals surface area contributed by atoms with Gasteiger partial charge in [0, 0.05) is 11.4 Å². The largest absolute Gasteiger partial charge is 0.383 e. The molecule has 0 amide bonds. The molecule has 0 aliphatic carbocycles. The molecule has 3 aromatic rings. The van der Waals surface area contributed by atoms with Gasteiger partial charge in [-0.05, 0) is 25.4 Å². The van der Waals surface area contributed by atoms with Crippen molar-refractivity contribution in [3.05, 3.63) is 33.4 Å². The van der Waals surface area contributed by atoms with Crippen LogP contribution < -0.4 is 5.73 Å².